The predicted molar refractivity (Wildman–Crippen MR) is 140 cm³/mol. The normalized spacial score (nSPS) is 20.0. The molecule has 4 aromatic rings. The molecule has 0 unspecified atom stereocenters. The van der Waals surface area contributed by atoms with E-state index in [4.69, 9.17) is 16.0 Å². The first-order chi connectivity index (χ1) is 17.7. The first-order valence-electron chi connectivity index (χ1n) is 11.8. The Morgan fingerprint density at radius 1 is 1.16 bits per heavy atom. The zero-order valence-corrected chi connectivity index (χ0v) is 20.8. The number of aromatic nitrogens is 1. The van der Waals surface area contributed by atoms with Crippen LogP contribution in [0.4, 0.5) is 4.39 Å². The van der Waals surface area contributed by atoms with Crippen LogP contribution in [0.2, 0.25) is 5.02 Å². The minimum Gasteiger partial charge on any atom is -0.459 e. The second-order valence-electron chi connectivity index (χ2n) is 9.46. The number of pyridine rings is 1. The van der Waals surface area contributed by atoms with Crippen molar-refractivity contribution in [2.45, 2.75) is 31.6 Å². The quantitative estimate of drug-likeness (QED) is 0.392. The standard InChI is InChI=1S/C29H24ClFN2O4/c1-29(36)10-11-33(17-28(29)35)16-22-14-26(34)23-12-18(3-9-27(23)37-22)2-8-25-24(31)13-20(15-32-25)19-4-6-21(30)7-5-19/h3-7,9,12-15,28,35-36H,10-11,16-17H2,1H3/t28-,29+/m0/s1. The van der Waals surface area contributed by atoms with Crippen molar-refractivity contribution in [2.75, 3.05) is 13.1 Å². The van der Waals surface area contributed by atoms with Gasteiger partial charge in [-0.05, 0) is 61.2 Å². The molecule has 3 heterocycles. The van der Waals surface area contributed by atoms with Gasteiger partial charge < -0.3 is 14.6 Å². The second-order valence-corrected chi connectivity index (χ2v) is 9.89. The number of fused-ring (bicyclic) bond motifs is 1. The van der Waals surface area contributed by atoms with Gasteiger partial charge in [0.25, 0.3) is 0 Å². The minimum absolute atomic E-state index is 0.00268. The highest BCUT2D eigenvalue weighted by molar-refractivity contribution is 6.30. The lowest BCUT2D eigenvalue weighted by Crippen LogP contribution is -2.53. The van der Waals surface area contributed by atoms with Crippen molar-refractivity contribution in [3.8, 4) is 23.0 Å². The van der Waals surface area contributed by atoms with Gasteiger partial charge in [-0.15, -0.1) is 0 Å². The van der Waals surface area contributed by atoms with Crippen LogP contribution in [0.5, 0.6) is 0 Å². The van der Waals surface area contributed by atoms with E-state index in [1.165, 1.54) is 12.1 Å². The van der Waals surface area contributed by atoms with Crippen LogP contribution in [-0.4, -0.2) is 44.9 Å². The van der Waals surface area contributed by atoms with Gasteiger partial charge in [-0.2, -0.15) is 0 Å². The number of hydrogen-bond acceptors (Lipinski definition) is 6. The molecule has 2 aromatic heterocycles. The molecule has 188 valence electrons. The van der Waals surface area contributed by atoms with Crippen LogP contribution in [0.1, 0.15) is 30.4 Å². The SMILES string of the molecule is C[C@@]1(O)CCN(Cc2cc(=O)c3cc(C#Cc4ncc(-c5ccc(Cl)cc5)cc4F)ccc3o2)C[C@@H]1O. The molecule has 2 aromatic carbocycles. The van der Waals surface area contributed by atoms with E-state index in [0.717, 1.165) is 5.56 Å². The van der Waals surface area contributed by atoms with Crippen LogP contribution in [0.25, 0.3) is 22.1 Å². The highest BCUT2D eigenvalue weighted by Gasteiger charge is 2.36. The molecular weight excluding hydrogens is 495 g/mol. The van der Waals surface area contributed by atoms with Gasteiger partial charge in [-0.1, -0.05) is 29.7 Å². The number of aliphatic hydroxyl groups excluding tert-OH is 1. The number of β-amino-alcohol motifs (C(OH)–C–C–N with tert-alkyl or cyclic N) is 1. The Morgan fingerprint density at radius 2 is 1.95 bits per heavy atom. The Bertz CT molecular complexity index is 1590. The first-order valence-corrected chi connectivity index (χ1v) is 12.2. The molecule has 2 N–H and O–H groups in total. The molecule has 0 aliphatic carbocycles. The third-order valence-electron chi connectivity index (χ3n) is 6.58. The number of halogens is 2. The summed E-state index contributed by atoms with van der Waals surface area (Å²) < 4.78 is 20.6. The molecule has 1 saturated heterocycles. The molecule has 0 saturated carbocycles. The van der Waals surface area contributed by atoms with Crippen molar-refractivity contribution in [3.05, 3.63) is 98.9 Å². The number of likely N-dealkylation sites (tertiary alicyclic amines) is 1. The molecule has 1 aliphatic heterocycles. The molecule has 6 nitrogen and oxygen atoms in total. The summed E-state index contributed by atoms with van der Waals surface area (Å²) in [5.74, 6) is 5.53. The summed E-state index contributed by atoms with van der Waals surface area (Å²) in [7, 11) is 0. The van der Waals surface area contributed by atoms with Crippen molar-refractivity contribution in [3.63, 3.8) is 0 Å². The molecule has 1 fully saturated rings. The third kappa shape index (κ3) is 5.58. The molecule has 0 radical (unpaired) electrons. The molecular formula is C29H24ClFN2O4. The topological polar surface area (TPSA) is 86.8 Å². The highest BCUT2D eigenvalue weighted by atomic mass is 35.5. The molecule has 0 spiro atoms. The number of aliphatic hydroxyl groups is 2. The molecule has 8 heteroatoms. The third-order valence-corrected chi connectivity index (χ3v) is 6.84. The van der Waals surface area contributed by atoms with Gasteiger partial charge in [0.1, 0.15) is 17.0 Å². The van der Waals surface area contributed by atoms with Gasteiger partial charge in [0.05, 0.1) is 23.6 Å². The lowest BCUT2D eigenvalue weighted by molar-refractivity contribution is -0.109. The Morgan fingerprint density at radius 3 is 2.68 bits per heavy atom. The van der Waals surface area contributed by atoms with Crippen LogP contribution >= 0.6 is 11.6 Å². The van der Waals surface area contributed by atoms with Crippen molar-refractivity contribution in [1.29, 1.82) is 0 Å². The van der Waals surface area contributed by atoms with Crippen LogP contribution in [-0.2, 0) is 6.54 Å². The summed E-state index contributed by atoms with van der Waals surface area (Å²) in [6.45, 7) is 2.82. The van der Waals surface area contributed by atoms with Gasteiger partial charge in [-0.25, -0.2) is 9.37 Å². The number of hydrogen-bond donors (Lipinski definition) is 2. The summed E-state index contributed by atoms with van der Waals surface area (Å²) in [5.41, 5.74) is 1.01. The van der Waals surface area contributed by atoms with Gasteiger partial charge in [0, 0.05) is 41.5 Å². The van der Waals surface area contributed by atoms with Crippen LogP contribution < -0.4 is 5.43 Å². The van der Waals surface area contributed by atoms with Crippen molar-refractivity contribution < 1.29 is 19.0 Å². The maximum absolute atomic E-state index is 14.6. The van der Waals surface area contributed by atoms with E-state index >= 15 is 0 Å². The molecule has 0 bridgehead atoms. The lowest BCUT2D eigenvalue weighted by atomic mass is 9.91. The summed E-state index contributed by atoms with van der Waals surface area (Å²) in [4.78, 5) is 18.9. The van der Waals surface area contributed by atoms with Crippen molar-refractivity contribution >= 4 is 22.6 Å². The summed E-state index contributed by atoms with van der Waals surface area (Å²) >= 11 is 5.91. The Hall–Kier alpha value is -3.54. The first kappa shape index (κ1) is 25.1. The van der Waals surface area contributed by atoms with Gasteiger partial charge in [-0.3, -0.25) is 9.69 Å². The fourth-order valence-electron chi connectivity index (χ4n) is 4.27. The highest BCUT2D eigenvalue weighted by Crippen LogP contribution is 2.24. The fourth-order valence-corrected chi connectivity index (χ4v) is 4.40. The van der Waals surface area contributed by atoms with Crippen LogP contribution in [0.15, 0.2) is 70.0 Å². The zero-order valence-electron chi connectivity index (χ0n) is 20.0. The number of nitrogens with zero attached hydrogens (tertiary/aromatic N) is 2. The van der Waals surface area contributed by atoms with Crippen LogP contribution in [0, 0.1) is 17.7 Å². The smallest absolute Gasteiger partial charge is 0.193 e. The predicted octanol–water partition coefficient (Wildman–Crippen LogP) is 4.36. The fraction of sp³-hybridized carbons (Fsp3) is 0.241. The average molecular weight is 519 g/mol. The van der Waals surface area contributed by atoms with E-state index in [9.17, 15) is 19.4 Å². The maximum Gasteiger partial charge on any atom is 0.193 e. The average Bonchev–Trinajstić information content (AvgIpc) is 2.86. The molecule has 0 amide bonds. The molecule has 37 heavy (non-hydrogen) atoms. The second kappa shape index (κ2) is 10.1. The van der Waals surface area contributed by atoms with E-state index < -0.39 is 17.5 Å². The van der Waals surface area contributed by atoms with Crippen molar-refractivity contribution in [1.82, 2.24) is 9.88 Å². The Balaban J connectivity index is 1.34. The van der Waals surface area contributed by atoms with Crippen LogP contribution in [0.3, 0.4) is 0 Å². The monoisotopic (exact) mass is 518 g/mol. The van der Waals surface area contributed by atoms with Gasteiger partial charge in [0.2, 0.25) is 0 Å². The number of piperidine rings is 1. The summed E-state index contributed by atoms with van der Waals surface area (Å²) in [6, 6.07) is 14.8. The van der Waals surface area contributed by atoms with Gasteiger partial charge >= 0.3 is 0 Å². The molecule has 5 rings (SSSR count). The van der Waals surface area contributed by atoms with E-state index in [1.807, 2.05) is 4.90 Å². The minimum atomic E-state index is -1.12. The number of benzene rings is 2. The van der Waals surface area contributed by atoms with Crippen molar-refractivity contribution in [2.24, 2.45) is 0 Å². The van der Waals surface area contributed by atoms with E-state index in [-0.39, 0.29) is 17.7 Å². The molecule has 1 aliphatic rings. The zero-order chi connectivity index (χ0) is 26.2. The lowest BCUT2D eigenvalue weighted by Gasteiger charge is -2.39. The maximum atomic E-state index is 14.6. The van der Waals surface area contributed by atoms with E-state index in [2.05, 4.69) is 16.8 Å². The molecule has 2 atom stereocenters. The summed E-state index contributed by atoms with van der Waals surface area (Å²) in [6.07, 6.45) is 1.10. The Labute approximate surface area is 218 Å². The summed E-state index contributed by atoms with van der Waals surface area (Å²) in [5, 5.41) is 21.2. The number of rotatable bonds is 3. The Kier molecular flexibility index (Phi) is 6.84. The van der Waals surface area contributed by atoms with Gasteiger partial charge in [0.15, 0.2) is 11.2 Å². The van der Waals surface area contributed by atoms with E-state index in [1.54, 1.807) is 55.6 Å². The van der Waals surface area contributed by atoms with E-state index in [0.29, 0.717) is 52.4 Å². The largest absolute Gasteiger partial charge is 0.459 e.